The smallest absolute Gasteiger partial charge is 0.320 e. The van der Waals surface area contributed by atoms with Gasteiger partial charge in [-0.25, -0.2) is 0 Å². The molecule has 0 aromatic heterocycles. The number of benzene rings is 3. The number of aliphatic carboxylic acids is 1. The molecule has 1 saturated heterocycles. The lowest BCUT2D eigenvalue weighted by Gasteiger charge is -2.39. The predicted molar refractivity (Wildman–Crippen MR) is 116 cm³/mol. The van der Waals surface area contributed by atoms with E-state index in [0.717, 1.165) is 30.5 Å². The summed E-state index contributed by atoms with van der Waals surface area (Å²) in [6.07, 6.45) is 4.79. The van der Waals surface area contributed by atoms with Crippen LogP contribution < -0.4 is 0 Å². The summed E-state index contributed by atoms with van der Waals surface area (Å²) in [5.74, 6) is -0.716. The van der Waals surface area contributed by atoms with Crippen molar-refractivity contribution in [1.82, 2.24) is 4.90 Å². The maximum Gasteiger partial charge on any atom is 0.320 e. The molecule has 0 radical (unpaired) electrons. The Hall–Kier alpha value is -2.30. The SMILES string of the molecule is CSc1ccc(C(c2ccc3ccccc3c2)N2CCCCC2C(=O)O)cc1. The molecule has 2 atom stereocenters. The van der Waals surface area contributed by atoms with E-state index in [2.05, 4.69) is 71.8 Å². The summed E-state index contributed by atoms with van der Waals surface area (Å²) < 4.78 is 0. The first-order valence-corrected chi connectivity index (χ1v) is 11.0. The number of nitrogens with zero attached hydrogens (tertiary/aromatic N) is 1. The second-order valence-corrected chi connectivity index (χ2v) is 8.25. The molecule has 1 aliphatic heterocycles. The van der Waals surface area contributed by atoms with Gasteiger partial charge in [0.05, 0.1) is 6.04 Å². The number of hydrogen-bond acceptors (Lipinski definition) is 3. The van der Waals surface area contributed by atoms with Crippen molar-refractivity contribution in [2.75, 3.05) is 12.8 Å². The average molecular weight is 392 g/mol. The van der Waals surface area contributed by atoms with Crippen LogP contribution in [0, 0.1) is 0 Å². The molecule has 1 N–H and O–H groups in total. The standard InChI is InChI=1S/C24H25NO2S/c1-28-21-13-11-18(12-14-21)23(25-15-5-4-8-22(25)24(26)27)20-10-9-17-6-2-3-7-19(17)16-20/h2-3,6-7,9-14,16,22-23H,4-5,8,15H2,1H3,(H,26,27). The van der Waals surface area contributed by atoms with Gasteiger partial charge in [-0.3, -0.25) is 9.69 Å². The normalized spacial score (nSPS) is 18.8. The van der Waals surface area contributed by atoms with Gasteiger partial charge in [-0.05, 0) is 65.7 Å². The van der Waals surface area contributed by atoms with Crippen LogP contribution >= 0.6 is 11.8 Å². The van der Waals surface area contributed by atoms with Crippen LogP contribution in [0.1, 0.15) is 36.4 Å². The molecule has 0 amide bonds. The van der Waals surface area contributed by atoms with E-state index in [4.69, 9.17) is 0 Å². The largest absolute Gasteiger partial charge is 0.480 e. The van der Waals surface area contributed by atoms with Gasteiger partial charge in [-0.1, -0.05) is 55.0 Å². The minimum absolute atomic E-state index is 0.0538. The fourth-order valence-electron chi connectivity index (χ4n) is 4.27. The number of fused-ring (bicyclic) bond motifs is 1. The maximum absolute atomic E-state index is 12.0. The van der Waals surface area contributed by atoms with Gasteiger partial charge >= 0.3 is 5.97 Å². The molecule has 2 unspecified atom stereocenters. The molecule has 3 nitrogen and oxygen atoms in total. The van der Waals surface area contributed by atoms with Crippen molar-refractivity contribution in [3.05, 3.63) is 77.9 Å². The molecule has 0 bridgehead atoms. The van der Waals surface area contributed by atoms with Crippen LogP contribution in [0.4, 0.5) is 0 Å². The predicted octanol–water partition coefficient (Wildman–Crippen LogP) is 5.59. The van der Waals surface area contributed by atoms with Gasteiger partial charge in [0.15, 0.2) is 0 Å². The van der Waals surface area contributed by atoms with Gasteiger partial charge in [0, 0.05) is 4.90 Å². The number of carbonyl (C=O) groups is 1. The van der Waals surface area contributed by atoms with Crippen LogP contribution in [0.5, 0.6) is 0 Å². The third kappa shape index (κ3) is 3.80. The first-order valence-electron chi connectivity index (χ1n) is 9.78. The van der Waals surface area contributed by atoms with E-state index < -0.39 is 12.0 Å². The number of piperidine rings is 1. The Morgan fingerprint density at radius 2 is 1.71 bits per heavy atom. The van der Waals surface area contributed by atoms with Crippen molar-refractivity contribution in [2.45, 2.75) is 36.2 Å². The molecule has 0 saturated carbocycles. The Morgan fingerprint density at radius 3 is 2.43 bits per heavy atom. The summed E-state index contributed by atoms with van der Waals surface area (Å²) in [6, 6.07) is 22.9. The lowest BCUT2D eigenvalue weighted by Crippen LogP contribution is -2.46. The van der Waals surface area contributed by atoms with E-state index in [9.17, 15) is 9.90 Å². The summed E-state index contributed by atoms with van der Waals surface area (Å²) >= 11 is 1.72. The van der Waals surface area contributed by atoms with Crippen molar-refractivity contribution in [1.29, 1.82) is 0 Å². The quantitative estimate of drug-likeness (QED) is 0.576. The van der Waals surface area contributed by atoms with Gasteiger partial charge < -0.3 is 5.11 Å². The molecule has 1 aliphatic rings. The van der Waals surface area contributed by atoms with Gasteiger partial charge in [-0.2, -0.15) is 0 Å². The van der Waals surface area contributed by atoms with E-state index >= 15 is 0 Å². The van der Waals surface area contributed by atoms with E-state index in [1.165, 1.54) is 15.7 Å². The average Bonchev–Trinajstić information content (AvgIpc) is 2.74. The van der Waals surface area contributed by atoms with Crippen LogP contribution in [0.25, 0.3) is 10.8 Å². The van der Waals surface area contributed by atoms with E-state index in [-0.39, 0.29) is 6.04 Å². The molecule has 0 spiro atoms. The van der Waals surface area contributed by atoms with Crippen molar-refractivity contribution in [3.63, 3.8) is 0 Å². The number of hydrogen-bond donors (Lipinski definition) is 1. The lowest BCUT2D eigenvalue weighted by molar-refractivity contribution is -0.145. The Bertz CT molecular complexity index is 970. The zero-order chi connectivity index (χ0) is 19.5. The van der Waals surface area contributed by atoms with Crippen molar-refractivity contribution in [2.24, 2.45) is 0 Å². The van der Waals surface area contributed by atoms with E-state index in [0.29, 0.717) is 6.42 Å². The molecule has 144 valence electrons. The van der Waals surface area contributed by atoms with Gasteiger partial charge in [0.1, 0.15) is 6.04 Å². The van der Waals surface area contributed by atoms with Crippen LogP contribution in [0.15, 0.2) is 71.6 Å². The molecule has 0 aliphatic carbocycles. The highest BCUT2D eigenvalue weighted by Crippen LogP contribution is 2.36. The Balaban J connectivity index is 1.82. The first-order chi connectivity index (χ1) is 13.7. The number of likely N-dealkylation sites (tertiary alicyclic amines) is 1. The highest BCUT2D eigenvalue weighted by atomic mass is 32.2. The summed E-state index contributed by atoms with van der Waals surface area (Å²) in [6.45, 7) is 0.804. The molecule has 3 aromatic rings. The Kier molecular flexibility index (Phi) is 5.69. The molecule has 1 heterocycles. The van der Waals surface area contributed by atoms with Gasteiger partial charge in [0.2, 0.25) is 0 Å². The van der Waals surface area contributed by atoms with Gasteiger partial charge in [0.25, 0.3) is 0 Å². The van der Waals surface area contributed by atoms with Crippen LogP contribution in [-0.4, -0.2) is 34.8 Å². The summed E-state index contributed by atoms with van der Waals surface area (Å²) in [4.78, 5) is 15.4. The monoisotopic (exact) mass is 391 g/mol. The molecule has 4 heteroatoms. The van der Waals surface area contributed by atoms with E-state index in [1.54, 1.807) is 11.8 Å². The highest BCUT2D eigenvalue weighted by Gasteiger charge is 2.35. The molecule has 4 rings (SSSR count). The number of thioether (sulfide) groups is 1. The fourth-order valence-corrected chi connectivity index (χ4v) is 4.68. The fraction of sp³-hybridized carbons (Fsp3) is 0.292. The van der Waals surface area contributed by atoms with E-state index in [1.807, 2.05) is 6.07 Å². The summed E-state index contributed by atoms with van der Waals surface area (Å²) in [7, 11) is 0. The molecule has 1 fully saturated rings. The van der Waals surface area contributed by atoms with Crippen molar-refractivity contribution < 1.29 is 9.90 Å². The lowest BCUT2D eigenvalue weighted by atomic mass is 9.90. The third-order valence-corrected chi connectivity index (χ3v) is 6.43. The molecule has 3 aromatic carbocycles. The zero-order valence-corrected chi connectivity index (χ0v) is 16.9. The Labute approximate surface area is 170 Å². The third-order valence-electron chi connectivity index (χ3n) is 5.68. The highest BCUT2D eigenvalue weighted by molar-refractivity contribution is 7.98. The van der Waals surface area contributed by atoms with Crippen LogP contribution in [0.2, 0.25) is 0 Å². The summed E-state index contributed by atoms with van der Waals surface area (Å²) in [5.41, 5.74) is 2.31. The zero-order valence-electron chi connectivity index (χ0n) is 16.0. The minimum Gasteiger partial charge on any atom is -0.480 e. The maximum atomic E-state index is 12.0. The summed E-state index contributed by atoms with van der Waals surface area (Å²) in [5, 5.41) is 12.3. The second kappa shape index (κ2) is 8.38. The minimum atomic E-state index is -0.716. The Morgan fingerprint density at radius 1 is 1.00 bits per heavy atom. The van der Waals surface area contributed by atoms with Crippen molar-refractivity contribution >= 4 is 28.5 Å². The number of carboxylic acids is 1. The van der Waals surface area contributed by atoms with Crippen molar-refractivity contribution in [3.8, 4) is 0 Å². The number of rotatable bonds is 5. The second-order valence-electron chi connectivity index (χ2n) is 7.37. The number of carboxylic acid groups (broad SMARTS) is 1. The first kappa shape index (κ1) is 19.0. The topological polar surface area (TPSA) is 40.5 Å². The van der Waals surface area contributed by atoms with Gasteiger partial charge in [-0.15, -0.1) is 11.8 Å². The molecular formula is C24H25NO2S. The molecule has 28 heavy (non-hydrogen) atoms. The van der Waals surface area contributed by atoms with Crippen LogP contribution in [-0.2, 0) is 4.79 Å². The molecular weight excluding hydrogens is 366 g/mol. The van der Waals surface area contributed by atoms with Crippen LogP contribution in [0.3, 0.4) is 0 Å².